The minimum Gasteiger partial charge on any atom is -0.338 e. The van der Waals surface area contributed by atoms with E-state index in [0.717, 1.165) is 39.1 Å². The van der Waals surface area contributed by atoms with Crippen LogP contribution in [-0.4, -0.2) is 47.6 Å². The van der Waals surface area contributed by atoms with E-state index in [2.05, 4.69) is 37.3 Å². The van der Waals surface area contributed by atoms with Gasteiger partial charge in [-0.25, -0.2) is 14.4 Å². The predicted octanol–water partition coefficient (Wildman–Crippen LogP) is 3.71. The van der Waals surface area contributed by atoms with Gasteiger partial charge >= 0.3 is 0 Å². The number of piperazine rings is 1. The van der Waals surface area contributed by atoms with Crippen molar-refractivity contribution in [3.8, 4) is 11.3 Å². The van der Waals surface area contributed by atoms with E-state index in [1.807, 2.05) is 17.4 Å². The summed E-state index contributed by atoms with van der Waals surface area (Å²) in [6.45, 7) is 4.87. The van der Waals surface area contributed by atoms with Gasteiger partial charge in [-0.3, -0.25) is 4.90 Å². The van der Waals surface area contributed by atoms with Crippen LogP contribution in [0, 0.1) is 5.82 Å². The summed E-state index contributed by atoms with van der Waals surface area (Å²) in [7, 11) is 0. The molecule has 0 bridgehead atoms. The van der Waals surface area contributed by atoms with E-state index in [4.69, 9.17) is 0 Å². The predicted molar refractivity (Wildman–Crippen MR) is 104 cm³/mol. The molecule has 1 aromatic carbocycles. The van der Waals surface area contributed by atoms with Crippen molar-refractivity contribution < 1.29 is 4.39 Å². The minimum absolute atomic E-state index is 0.254. The molecule has 0 aliphatic carbocycles. The first-order valence-corrected chi connectivity index (χ1v) is 9.75. The molecule has 0 N–H and O–H groups in total. The molecule has 0 unspecified atom stereocenters. The molecule has 2 aromatic heterocycles. The van der Waals surface area contributed by atoms with Crippen molar-refractivity contribution in [2.75, 3.05) is 37.6 Å². The van der Waals surface area contributed by atoms with Crippen LogP contribution in [0.4, 0.5) is 10.3 Å². The summed E-state index contributed by atoms with van der Waals surface area (Å²) in [4.78, 5) is 15.1. The Bertz CT molecular complexity index is 845. The van der Waals surface area contributed by atoms with Crippen molar-refractivity contribution in [2.45, 2.75) is 6.42 Å². The Kier molecular flexibility index (Phi) is 5.22. The number of hydrogen-bond acceptors (Lipinski definition) is 5. The Morgan fingerprint density at radius 2 is 1.85 bits per heavy atom. The third kappa shape index (κ3) is 3.92. The molecule has 3 heterocycles. The van der Waals surface area contributed by atoms with Gasteiger partial charge in [0.05, 0.1) is 5.69 Å². The van der Waals surface area contributed by atoms with Crippen LogP contribution in [-0.2, 0) is 6.42 Å². The quantitative estimate of drug-likeness (QED) is 0.687. The highest BCUT2D eigenvalue weighted by molar-refractivity contribution is 7.09. The lowest BCUT2D eigenvalue weighted by Crippen LogP contribution is -2.47. The van der Waals surface area contributed by atoms with Crippen LogP contribution in [0.1, 0.15) is 4.88 Å². The molecule has 0 saturated carbocycles. The van der Waals surface area contributed by atoms with E-state index in [0.29, 0.717) is 17.2 Å². The van der Waals surface area contributed by atoms with Gasteiger partial charge in [0.15, 0.2) is 0 Å². The third-order valence-corrected chi connectivity index (χ3v) is 5.64. The minimum atomic E-state index is -0.254. The zero-order chi connectivity index (χ0) is 17.8. The van der Waals surface area contributed by atoms with Crippen molar-refractivity contribution in [3.63, 3.8) is 0 Å². The van der Waals surface area contributed by atoms with E-state index in [1.165, 1.54) is 10.9 Å². The van der Waals surface area contributed by atoms with Crippen molar-refractivity contribution in [3.05, 3.63) is 64.7 Å². The van der Waals surface area contributed by atoms with E-state index in [9.17, 15) is 4.39 Å². The second-order valence-electron chi connectivity index (χ2n) is 6.38. The van der Waals surface area contributed by atoms with Crippen LogP contribution in [0.15, 0.2) is 54.0 Å². The molecule has 1 aliphatic heterocycles. The summed E-state index contributed by atoms with van der Waals surface area (Å²) in [6, 6.07) is 12.8. The molecule has 1 aliphatic rings. The average molecular weight is 368 g/mol. The lowest BCUT2D eigenvalue weighted by atomic mass is 10.1. The van der Waals surface area contributed by atoms with Crippen LogP contribution < -0.4 is 4.90 Å². The van der Waals surface area contributed by atoms with E-state index >= 15 is 0 Å². The largest absolute Gasteiger partial charge is 0.338 e. The average Bonchev–Trinajstić information content (AvgIpc) is 3.21. The van der Waals surface area contributed by atoms with Gasteiger partial charge in [0.25, 0.3) is 0 Å². The number of nitrogens with zero attached hydrogens (tertiary/aromatic N) is 4. The SMILES string of the molecule is Fc1ccccc1-c1ccnc(N2CCN(CCc3cccs3)CC2)n1. The van der Waals surface area contributed by atoms with Gasteiger partial charge in [-0.1, -0.05) is 18.2 Å². The van der Waals surface area contributed by atoms with Gasteiger partial charge in [-0.2, -0.15) is 0 Å². The normalized spacial score (nSPS) is 15.3. The Morgan fingerprint density at radius 1 is 1.00 bits per heavy atom. The van der Waals surface area contributed by atoms with Crippen LogP contribution >= 0.6 is 11.3 Å². The Morgan fingerprint density at radius 3 is 2.62 bits per heavy atom. The molecule has 3 aromatic rings. The summed E-state index contributed by atoms with van der Waals surface area (Å²) in [5.74, 6) is 0.430. The molecule has 1 fully saturated rings. The van der Waals surface area contributed by atoms with Gasteiger partial charge in [0.1, 0.15) is 5.82 Å². The molecule has 134 valence electrons. The number of thiophene rings is 1. The standard InChI is InChI=1S/C20H21FN4S/c21-18-6-2-1-5-17(18)19-7-9-22-20(23-19)25-13-11-24(12-14-25)10-8-16-4-3-15-26-16/h1-7,9,15H,8,10-14H2. The maximum absolute atomic E-state index is 14.0. The summed E-state index contributed by atoms with van der Waals surface area (Å²) in [5.41, 5.74) is 1.15. The zero-order valence-corrected chi connectivity index (χ0v) is 15.3. The molecule has 0 atom stereocenters. The van der Waals surface area contributed by atoms with Crippen LogP contribution in [0.2, 0.25) is 0 Å². The van der Waals surface area contributed by atoms with Crippen LogP contribution in [0.3, 0.4) is 0 Å². The summed E-state index contributed by atoms with van der Waals surface area (Å²) in [5, 5.41) is 2.13. The number of hydrogen-bond donors (Lipinski definition) is 0. The molecule has 1 saturated heterocycles. The fourth-order valence-electron chi connectivity index (χ4n) is 3.21. The number of rotatable bonds is 5. The topological polar surface area (TPSA) is 32.3 Å². The van der Waals surface area contributed by atoms with E-state index in [-0.39, 0.29) is 5.82 Å². The molecule has 0 radical (unpaired) electrons. The third-order valence-electron chi connectivity index (χ3n) is 4.70. The first-order valence-electron chi connectivity index (χ1n) is 8.87. The highest BCUT2D eigenvalue weighted by Crippen LogP contribution is 2.22. The fourth-order valence-corrected chi connectivity index (χ4v) is 3.91. The van der Waals surface area contributed by atoms with Crippen molar-refractivity contribution >= 4 is 17.3 Å². The van der Waals surface area contributed by atoms with Crippen molar-refractivity contribution in [1.29, 1.82) is 0 Å². The van der Waals surface area contributed by atoms with E-state index in [1.54, 1.807) is 24.4 Å². The Balaban J connectivity index is 1.39. The van der Waals surface area contributed by atoms with Gasteiger partial charge in [0, 0.05) is 49.4 Å². The van der Waals surface area contributed by atoms with Gasteiger partial charge < -0.3 is 4.90 Å². The second-order valence-corrected chi connectivity index (χ2v) is 7.41. The number of benzene rings is 1. The van der Waals surface area contributed by atoms with Gasteiger partial charge in [-0.15, -0.1) is 11.3 Å². The molecule has 0 amide bonds. The smallest absolute Gasteiger partial charge is 0.225 e. The highest BCUT2D eigenvalue weighted by Gasteiger charge is 2.19. The van der Waals surface area contributed by atoms with Gasteiger partial charge in [0.2, 0.25) is 5.95 Å². The Labute approximate surface area is 156 Å². The summed E-state index contributed by atoms with van der Waals surface area (Å²) < 4.78 is 14.0. The second kappa shape index (κ2) is 7.93. The van der Waals surface area contributed by atoms with Crippen molar-refractivity contribution in [2.24, 2.45) is 0 Å². The molecule has 26 heavy (non-hydrogen) atoms. The zero-order valence-electron chi connectivity index (χ0n) is 14.5. The lowest BCUT2D eigenvalue weighted by Gasteiger charge is -2.34. The monoisotopic (exact) mass is 368 g/mol. The number of aromatic nitrogens is 2. The maximum Gasteiger partial charge on any atom is 0.225 e. The molecule has 4 rings (SSSR count). The molecule has 4 nitrogen and oxygen atoms in total. The maximum atomic E-state index is 14.0. The van der Waals surface area contributed by atoms with Crippen LogP contribution in [0.25, 0.3) is 11.3 Å². The lowest BCUT2D eigenvalue weighted by molar-refractivity contribution is 0.260. The molecular formula is C20H21FN4S. The Hall–Kier alpha value is -2.31. The van der Waals surface area contributed by atoms with E-state index < -0.39 is 0 Å². The summed E-state index contributed by atoms with van der Waals surface area (Å²) >= 11 is 1.82. The molecule has 6 heteroatoms. The molecular weight excluding hydrogens is 347 g/mol. The summed E-state index contributed by atoms with van der Waals surface area (Å²) in [6.07, 6.45) is 2.82. The highest BCUT2D eigenvalue weighted by atomic mass is 32.1. The first-order chi connectivity index (χ1) is 12.8. The fraction of sp³-hybridized carbons (Fsp3) is 0.300. The number of anilines is 1. The first kappa shape index (κ1) is 17.1. The number of halogens is 1. The van der Waals surface area contributed by atoms with Crippen molar-refractivity contribution in [1.82, 2.24) is 14.9 Å². The molecule has 0 spiro atoms. The van der Waals surface area contributed by atoms with Crippen LogP contribution in [0.5, 0.6) is 0 Å². The van der Waals surface area contributed by atoms with Gasteiger partial charge in [-0.05, 0) is 36.1 Å².